The third-order valence-electron chi connectivity index (χ3n) is 5.94. The van der Waals surface area contributed by atoms with Crippen LogP contribution in [-0.4, -0.2) is 32.2 Å². The van der Waals surface area contributed by atoms with Gasteiger partial charge in [0, 0.05) is 29.0 Å². The van der Waals surface area contributed by atoms with E-state index in [9.17, 15) is 19.1 Å². The molecule has 0 bridgehead atoms. The standard InChI is InChI=1S/C26H26ClFN4O3/c1-14(2)22-19(25(34)29-21(10-11-33)16-6-8-18(28)9-7-16)13-32-23(22)26(35)30-24(31-32)17-5-4-15(3)20(27)12-17/h4-9,12-14,21,33H,10-11H2,1-3H3,(H,29,34)(H,30,31,35). The number of carbonyl (C=O) groups excluding carboxylic acids is 1. The van der Waals surface area contributed by atoms with Gasteiger partial charge >= 0.3 is 0 Å². The Kier molecular flexibility index (Phi) is 7.05. The van der Waals surface area contributed by atoms with Gasteiger partial charge in [-0.15, -0.1) is 5.10 Å². The second-order valence-electron chi connectivity index (χ2n) is 8.76. The maximum Gasteiger partial charge on any atom is 0.275 e. The zero-order chi connectivity index (χ0) is 25.3. The first-order chi connectivity index (χ1) is 16.7. The summed E-state index contributed by atoms with van der Waals surface area (Å²) < 4.78 is 14.8. The third-order valence-corrected chi connectivity index (χ3v) is 6.35. The van der Waals surface area contributed by atoms with E-state index in [2.05, 4.69) is 15.4 Å². The monoisotopic (exact) mass is 496 g/mol. The molecule has 0 aliphatic rings. The number of nitrogens with zero attached hydrogens (tertiary/aromatic N) is 2. The first-order valence-corrected chi connectivity index (χ1v) is 11.7. The second kappa shape index (κ2) is 10.0. The van der Waals surface area contributed by atoms with Crippen molar-refractivity contribution in [3.8, 4) is 11.4 Å². The molecule has 0 saturated heterocycles. The molecule has 35 heavy (non-hydrogen) atoms. The van der Waals surface area contributed by atoms with Crippen molar-refractivity contribution in [2.45, 2.75) is 39.2 Å². The Hall–Kier alpha value is -3.49. The number of aromatic nitrogens is 3. The summed E-state index contributed by atoms with van der Waals surface area (Å²) >= 11 is 6.25. The largest absolute Gasteiger partial charge is 0.396 e. The van der Waals surface area contributed by atoms with Gasteiger partial charge in [0.05, 0.1) is 11.6 Å². The van der Waals surface area contributed by atoms with Crippen molar-refractivity contribution in [1.82, 2.24) is 19.9 Å². The van der Waals surface area contributed by atoms with Crippen molar-refractivity contribution in [1.29, 1.82) is 0 Å². The number of nitrogens with one attached hydrogen (secondary N) is 2. The molecule has 0 fully saturated rings. The highest BCUT2D eigenvalue weighted by molar-refractivity contribution is 6.31. The number of carbonyl (C=O) groups is 1. The summed E-state index contributed by atoms with van der Waals surface area (Å²) in [5, 5.41) is 17.5. The predicted molar refractivity (Wildman–Crippen MR) is 133 cm³/mol. The Balaban J connectivity index is 1.77. The molecular weight excluding hydrogens is 471 g/mol. The molecule has 7 nitrogen and oxygen atoms in total. The Bertz CT molecular complexity index is 1440. The molecule has 0 spiro atoms. The number of H-pyrrole nitrogens is 1. The lowest BCUT2D eigenvalue weighted by molar-refractivity contribution is 0.0929. The van der Waals surface area contributed by atoms with E-state index in [1.54, 1.807) is 18.2 Å². The number of aryl methyl sites for hydroxylation is 1. The molecule has 0 radical (unpaired) electrons. The average Bonchev–Trinajstić information content (AvgIpc) is 3.22. The van der Waals surface area contributed by atoms with Crippen LogP contribution in [-0.2, 0) is 0 Å². The van der Waals surface area contributed by atoms with E-state index >= 15 is 0 Å². The topological polar surface area (TPSA) is 99.5 Å². The van der Waals surface area contributed by atoms with Crippen LogP contribution in [0.25, 0.3) is 16.9 Å². The number of hydrogen-bond acceptors (Lipinski definition) is 4. The van der Waals surface area contributed by atoms with Gasteiger partial charge in [-0.3, -0.25) is 9.59 Å². The molecule has 4 rings (SSSR count). The van der Waals surface area contributed by atoms with Crippen LogP contribution in [0.4, 0.5) is 4.39 Å². The van der Waals surface area contributed by atoms with Crippen LogP contribution in [0.15, 0.2) is 53.5 Å². The van der Waals surface area contributed by atoms with Crippen molar-refractivity contribution >= 4 is 23.0 Å². The van der Waals surface area contributed by atoms with Gasteiger partial charge in [-0.2, -0.15) is 0 Å². The second-order valence-corrected chi connectivity index (χ2v) is 9.17. The molecule has 2 aromatic carbocycles. The van der Waals surface area contributed by atoms with E-state index in [1.165, 1.54) is 22.8 Å². The Labute approximate surface area is 206 Å². The summed E-state index contributed by atoms with van der Waals surface area (Å²) in [5.74, 6) is -0.627. The molecule has 2 heterocycles. The lowest BCUT2D eigenvalue weighted by Gasteiger charge is -2.19. The lowest BCUT2D eigenvalue weighted by Crippen LogP contribution is -2.29. The number of amides is 1. The highest BCUT2D eigenvalue weighted by Crippen LogP contribution is 2.27. The normalized spacial score (nSPS) is 12.3. The predicted octanol–water partition coefficient (Wildman–Crippen LogP) is 4.77. The summed E-state index contributed by atoms with van der Waals surface area (Å²) in [6.07, 6.45) is 1.79. The molecule has 3 N–H and O–H groups in total. The Morgan fingerprint density at radius 1 is 1.23 bits per heavy atom. The van der Waals surface area contributed by atoms with Gasteiger partial charge in [0.25, 0.3) is 11.5 Å². The van der Waals surface area contributed by atoms with E-state index in [4.69, 9.17) is 11.6 Å². The summed E-state index contributed by atoms with van der Waals surface area (Å²) in [7, 11) is 0. The van der Waals surface area contributed by atoms with E-state index in [0.717, 1.165) is 5.56 Å². The van der Waals surface area contributed by atoms with Crippen LogP contribution in [0.3, 0.4) is 0 Å². The highest BCUT2D eigenvalue weighted by Gasteiger charge is 2.25. The van der Waals surface area contributed by atoms with Crippen molar-refractivity contribution in [2.24, 2.45) is 0 Å². The molecule has 0 aliphatic heterocycles. The maximum atomic E-state index is 13.4. The molecule has 1 unspecified atom stereocenters. The zero-order valence-corrected chi connectivity index (χ0v) is 20.4. The van der Waals surface area contributed by atoms with Crippen molar-refractivity contribution in [3.63, 3.8) is 0 Å². The summed E-state index contributed by atoms with van der Waals surface area (Å²) in [4.78, 5) is 29.3. The number of hydrogen-bond donors (Lipinski definition) is 3. The average molecular weight is 497 g/mol. The first-order valence-electron chi connectivity index (χ1n) is 11.3. The lowest BCUT2D eigenvalue weighted by atomic mass is 9.98. The van der Waals surface area contributed by atoms with E-state index in [1.807, 2.05) is 32.9 Å². The molecular formula is C26H26ClFN4O3. The number of benzene rings is 2. The fraction of sp³-hybridized carbons (Fsp3) is 0.269. The van der Waals surface area contributed by atoms with Gasteiger partial charge < -0.3 is 15.4 Å². The minimum atomic E-state index is -0.535. The van der Waals surface area contributed by atoms with Gasteiger partial charge in [0.1, 0.15) is 11.3 Å². The summed E-state index contributed by atoms with van der Waals surface area (Å²) in [6, 6.07) is 10.6. The summed E-state index contributed by atoms with van der Waals surface area (Å²) in [6.45, 7) is 5.50. The van der Waals surface area contributed by atoms with Crippen LogP contribution in [0.1, 0.15) is 59.3 Å². The first kappa shape index (κ1) is 24.6. The fourth-order valence-corrected chi connectivity index (χ4v) is 4.31. The molecule has 1 atom stereocenters. The number of halogens is 2. The van der Waals surface area contributed by atoms with Gasteiger partial charge in [0.15, 0.2) is 5.82 Å². The fourth-order valence-electron chi connectivity index (χ4n) is 4.13. The molecule has 4 aromatic rings. The third kappa shape index (κ3) is 4.99. The molecule has 1 amide bonds. The van der Waals surface area contributed by atoms with Crippen LogP contribution in [0.5, 0.6) is 0 Å². The van der Waals surface area contributed by atoms with Gasteiger partial charge in [-0.1, -0.05) is 49.7 Å². The molecule has 0 saturated carbocycles. The Morgan fingerprint density at radius 2 is 1.94 bits per heavy atom. The summed E-state index contributed by atoms with van der Waals surface area (Å²) in [5.41, 5.74) is 2.99. The number of aromatic amines is 1. The SMILES string of the molecule is Cc1ccc(-c2nn3cc(C(=O)NC(CCO)c4ccc(F)cc4)c(C(C)C)c3c(=O)[nH]2)cc1Cl. The molecule has 0 aliphatic carbocycles. The van der Waals surface area contributed by atoms with Gasteiger partial charge in [-0.05, 0) is 48.6 Å². The number of aliphatic hydroxyl groups is 1. The zero-order valence-electron chi connectivity index (χ0n) is 19.6. The van der Waals surface area contributed by atoms with E-state index < -0.39 is 11.9 Å². The van der Waals surface area contributed by atoms with Crippen LogP contribution in [0.2, 0.25) is 5.02 Å². The number of rotatable bonds is 7. The maximum absolute atomic E-state index is 13.4. The minimum absolute atomic E-state index is 0.148. The number of fused-ring (bicyclic) bond motifs is 1. The minimum Gasteiger partial charge on any atom is -0.396 e. The quantitative estimate of drug-likeness (QED) is 0.343. The highest BCUT2D eigenvalue weighted by atomic mass is 35.5. The van der Waals surface area contributed by atoms with Gasteiger partial charge in [0.2, 0.25) is 0 Å². The van der Waals surface area contributed by atoms with Crippen LogP contribution < -0.4 is 10.9 Å². The van der Waals surface area contributed by atoms with Crippen LogP contribution >= 0.6 is 11.6 Å². The smallest absolute Gasteiger partial charge is 0.275 e. The van der Waals surface area contributed by atoms with Crippen molar-refractivity contribution < 1.29 is 14.3 Å². The van der Waals surface area contributed by atoms with E-state index in [-0.39, 0.29) is 35.8 Å². The molecule has 9 heteroatoms. The molecule has 182 valence electrons. The van der Waals surface area contributed by atoms with E-state index in [0.29, 0.717) is 33.1 Å². The van der Waals surface area contributed by atoms with Gasteiger partial charge in [-0.25, -0.2) is 8.91 Å². The van der Waals surface area contributed by atoms with Crippen LogP contribution in [0, 0.1) is 12.7 Å². The molecule has 2 aromatic heterocycles. The Morgan fingerprint density at radius 3 is 2.57 bits per heavy atom. The van der Waals surface area contributed by atoms with Crippen molar-refractivity contribution in [2.75, 3.05) is 6.61 Å². The number of aliphatic hydroxyl groups excluding tert-OH is 1. The van der Waals surface area contributed by atoms with Crippen molar-refractivity contribution in [3.05, 3.63) is 92.1 Å².